The first-order valence-corrected chi connectivity index (χ1v) is 9.72. The molecule has 0 saturated carbocycles. The first-order valence-electron chi connectivity index (χ1n) is 9.72. The highest BCUT2D eigenvalue weighted by Crippen LogP contribution is 2.17. The molecule has 1 heterocycles. The van der Waals surface area contributed by atoms with Gasteiger partial charge in [0, 0.05) is 32.7 Å². The van der Waals surface area contributed by atoms with E-state index in [0.29, 0.717) is 6.54 Å². The molecular weight excluding hydrogens is 463 g/mol. The van der Waals surface area contributed by atoms with E-state index in [1.165, 1.54) is 16.7 Å². The molecule has 6 heteroatoms. The van der Waals surface area contributed by atoms with Crippen LogP contribution in [0.3, 0.4) is 0 Å². The summed E-state index contributed by atoms with van der Waals surface area (Å²) in [7, 11) is 1.68. The molecule has 0 saturated heterocycles. The number of guanidine groups is 1. The molecule has 1 aliphatic heterocycles. The van der Waals surface area contributed by atoms with Crippen molar-refractivity contribution in [2.75, 3.05) is 33.3 Å². The minimum absolute atomic E-state index is 0. The van der Waals surface area contributed by atoms with E-state index in [1.807, 2.05) is 12.1 Å². The quantitative estimate of drug-likeness (QED) is 0.352. The zero-order valence-electron chi connectivity index (χ0n) is 16.8. The lowest BCUT2D eigenvalue weighted by Gasteiger charge is -2.28. The number of aliphatic imine (C=N–C) groups is 1. The number of hydrogen-bond donors (Lipinski definition) is 2. The number of methoxy groups -OCH3 is 1. The number of halogens is 1. The Bertz CT molecular complexity index is 748. The van der Waals surface area contributed by atoms with Gasteiger partial charge >= 0.3 is 0 Å². The zero-order valence-corrected chi connectivity index (χ0v) is 19.1. The summed E-state index contributed by atoms with van der Waals surface area (Å²) >= 11 is 0. The molecule has 0 unspecified atom stereocenters. The van der Waals surface area contributed by atoms with E-state index in [2.05, 4.69) is 58.9 Å². The minimum atomic E-state index is 0. The van der Waals surface area contributed by atoms with Crippen LogP contribution < -0.4 is 15.4 Å². The molecule has 5 nitrogen and oxygen atoms in total. The summed E-state index contributed by atoms with van der Waals surface area (Å²) in [6.07, 6.45) is 1.14. The van der Waals surface area contributed by atoms with E-state index >= 15 is 0 Å². The maximum atomic E-state index is 5.20. The van der Waals surface area contributed by atoms with Gasteiger partial charge in [-0.3, -0.25) is 4.90 Å². The fourth-order valence-electron chi connectivity index (χ4n) is 3.32. The number of benzene rings is 2. The van der Waals surface area contributed by atoms with E-state index in [9.17, 15) is 0 Å². The topological polar surface area (TPSA) is 48.9 Å². The Morgan fingerprint density at radius 1 is 1.07 bits per heavy atom. The fraction of sp³-hybridized carbons (Fsp3) is 0.409. The summed E-state index contributed by atoms with van der Waals surface area (Å²) in [5.41, 5.74) is 4.13. The van der Waals surface area contributed by atoms with Gasteiger partial charge in [0.05, 0.1) is 13.7 Å². The van der Waals surface area contributed by atoms with Gasteiger partial charge in [-0.1, -0.05) is 36.4 Å². The van der Waals surface area contributed by atoms with Crippen molar-refractivity contribution in [2.24, 2.45) is 4.99 Å². The van der Waals surface area contributed by atoms with Gasteiger partial charge in [-0.15, -0.1) is 24.0 Å². The van der Waals surface area contributed by atoms with Gasteiger partial charge in [-0.2, -0.15) is 0 Å². The van der Waals surface area contributed by atoms with Crippen molar-refractivity contribution in [3.8, 4) is 5.75 Å². The molecule has 2 aromatic rings. The van der Waals surface area contributed by atoms with E-state index in [4.69, 9.17) is 9.73 Å². The van der Waals surface area contributed by atoms with E-state index < -0.39 is 0 Å². The number of nitrogens with one attached hydrogen (secondary N) is 2. The lowest BCUT2D eigenvalue weighted by atomic mass is 10.00. The third kappa shape index (κ3) is 6.67. The Morgan fingerprint density at radius 3 is 2.54 bits per heavy atom. The van der Waals surface area contributed by atoms with Crippen molar-refractivity contribution in [3.63, 3.8) is 0 Å². The molecule has 1 aliphatic rings. The van der Waals surface area contributed by atoms with Gasteiger partial charge < -0.3 is 15.4 Å². The summed E-state index contributed by atoms with van der Waals surface area (Å²) in [4.78, 5) is 7.20. The maximum absolute atomic E-state index is 5.20. The molecule has 3 rings (SSSR count). The van der Waals surface area contributed by atoms with Crippen molar-refractivity contribution in [3.05, 3.63) is 65.2 Å². The van der Waals surface area contributed by atoms with Crippen LogP contribution in [0.5, 0.6) is 5.75 Å². The van der Waals surface area contributed by atoms with Crippen molar-refractivity contribution < 1.29 is 4.74 Å². The number of rotatable bonds is 7. The van der Waals surface area contributed by atoms with Crippen molar-refractivity contribution in [1.82, 2.24) is 15.5 Å². The zero-order chi connectivity index (χ0) is 18.9. The second-order valence-electron chi connectivity index (χ2n) is 6.76. The second kappa shape index (κ2) is 11.9. The normalized spacial score (nSPS) is 14.0. The minimum Gasteiger partial charge on any atom is -0.497 e. The van der Waals surface area contributed by atoms with Crippen molar-refractivity contribution in [1.29, 1.82) is 0 Å². The lowest BCUT2D eigenvalue weighted by molar-refractivity contribution is 0.258. The molecule has 152 valence electrons. The Hall–Kier alpha value is -1.80. The summed E-state index contributed by atoms with van der Waals surface area (Å²) in [6.45, 7) is 7.65. The maximum Gasteiger partial charge on any atom is 0.191 e. The predicted octanol–water partition coefficient (Wildman–Crippen LogP) is 3.43. The van der Waals surface area contributed by atoms with Crippen LogP contribution in [0.1, 0.15) is 23.6 Å². The van der Waals surface area contributed by atoms with Gasteiger partial charge in [0.25, 0.3) is 0 Å². The van der Waals surface area contributed by atoms with Crippen LogP contribution in [0, 0.1) is 0 Å². The number of ether oxygens (including phenoxy) is 1. The van der Waals surface area contributed by atoms with Gasteiger partial charge in [-0.05, 0) is 42.2 Å². The summed E-state index contributed by atoms with van der Waals surface area (Å²) in [5.74, 6) is 1.74. The molecule has 2 aromatic carbocycles. The summed E-state index contributed by atoms with van der Waals surface area (Å²) in [6, 6.07) is 16.8. The Labute approximate surface area is 185 Å². The molecular formula is C22H31IN4O. The third-order valence-electron chi connectivity index (χ3n) is 4.85. The van der Waals surface area contributed by atoms with Crippen LogP contribution in [0.15, 0.2) is 53.5 Å². The Balaban J connectivity index is 0.00000280. The van der Waals surface area contributed by atoms with Crippen LogP contribution in [0.25, 0.3) is 0 Å². The SMILES string of the molecule is CCNC(=NCc1ccc(OC)cc1)NCCN1CCc2ccccc2C1.I. The summed E-state index contributed by atoms with van der Waals surface area (Å²) in [5, 5.41) is 6.78. The van der Waals surface area contributed by atoms with Crippen molar-refractivity contribution >= 4 is 29.9 Å². The van der Waals surface area contributed by atoms with E-state index in [1.54, 1.807) is 7.11 Å². The van der Waals surface area contributed by atoms with Crippen LogP contribution >= 0.6 is 24.0 Å². The molecule has 0 radical (unpaired) electrons. The van der Waals surface area contributed by atoms with Gasteiger partial charge in [0.15, 0.2) is 5.96 Å². The molecule has 0 bridgehead atoms. The molecule has 0 aliphatic carbocycles. The highest BCUT2D eigenvalue weighted by molar-refractivity contribution is 14.0. The summed E-state index contributed by atoms with van der Waals surface area (Å²) < 4.78 is 5.20. The fourth-order valence-corrected chi connectivity index (χ4v) is 3.32. The van der Waals surface area contributed by atoms with Crippen LogP contribution in [-0.2, 0) is 19.5 Å². The van der Waals surface area contributed by atoms with Crippen LogP contribution in [0.4, 0.5) is 0 Å². The number of fused-ring (bicyclic) bond motifs is 1. The van der Waals surface area contributed by atoms with Gasteiger partial charge in [-0.25, -0.2) is 4.99 Å². The largest absolute Gasteiger partial charge is 0.497 e. The first-order chi connectivity index (χ1) is 13.3. The molecule has 0 amide bonds. The Morgan fingerprint density at radius 2 is 1.82 bits per heavy atom. The molecule has 0 aromatic heterocycles. The van der Waals surface area contributed by atoms with Gasteiger partial charge in [0.1, 0.15) is 5.75 Å². The van der Waals surface area contributed by atoms with E-state index in [0.717, 1.165) is 50.9 Å². The molecule has 0 fully saturated rings. The highest BCUT2D eigenvalue weighted by Gasteiger charge is 2.15. The third-order valence-corrected chi connectivity index (χ3v) is 4.85. The molecule has 0 spiro atoms. The smallest absolute Gasteiger partial charge is 0.191 e. The number of nitrogens with zero attached hydrogens (tertiary/aromatic N) is 2. The highest BCUT2D eigenvalue weighted by atomic mass is 127. The first kappa shape index (κ1) is 22.5. The van der Waals surface area contributed by atoms with Crippen molar-refractivity contribution in [2.45, 2.75) is 26.4 Å². The van der Waals surface area contributed by atoms with Crippen LogP contribution in [-0.4, -0.2) is 44.1 Å². The molecule has 0 atom stereocenters. The monoisotopic (exact) mass is 494 g/mol. The lowest BCUT2D eigenvalue weighted by Crippen LogP contribution is -2.42. The molecule has 2 N–H and O–H groups in total. The standard InChI is InChI=1S/C22H30N4O.HI/c1-3-23-22(25-16-18-8-10-21(27-2)11-9-18)24-13-15-26-14-12-19-6-4-5-7-20(19)17-26;/h4-11H,3,12-17H2,1-2H3,(H2,23,24,25);1H. The average Bonchev–Trinajstić information content (AvgIpc) is 2.72. The Kier molecular flexibility index (Phi) is 9.57. The van der Waals surface area contributed by atoms with Crippen LogP contribution in [0.2, 0.25) is 0 Å². The predicted molar refractivity (Wildman–Crippen MR) is 127 cm³/mol. The molecule has 28 heavy (non-hydrogen) atoms. The number of hydrogen-bond acceptors (Lipinski definition) is 3. The van der Waals surface area contributed by atoms with Gasteiger partial charge in [0.2, 0.25) is 0 Å². The van der Waals surface area contributed by atoms with E-state index in [-0.39, 0.29) is 24.0 Å². The average molecular weight is 494 g/mol. The second-order valence-corrected chi connectivity index (χ2v) is 6.76.